The minimum Gasteiger partial charge on any atom is -0.361 e. The fourth-order valence-corrected chi connectivity index (χ4v) is 0.434. The quantitative estimate of drug-likeness (QED) is 0.500. The first-order valence-electron chi connectivity index (χ1n) is 4.12. The zero-order valence-corrected chi connectivity index (χ0v) is 8.62. The Labute approximate surface area is 81.4 Å². The molecule has 0 aliphatic rings. The van der Waals surface area contributed by atoms with Crippen LogP contribution in [0.3, 0.4) is 0 Å². The molecule has 6 radical (unpaired) electrons. The third-order valence-electron chi connectivity index (χ3n) is 1.32. The van der Waals surface area contributed by atoms with E-state index in [2.05, 4.69) is 13.8 Å². The van der Waals surface area contributed by atoms with E-state index in [1.54, 1.807) is 12.1 Å². The summed E-state index contributed by atoms with van der Waals surface area (Å²) in [5, 5.41) is 0. The van der Waals surface area contributed by atoms with Gasteiger partial charge in [0.2, 0.25) is 0 Å². The molecule has 0 fully saturated rings. The molecule has 0 heterocycles. The summed E-state index contributed by atoms with van der Waals surface area (Å²) in [7, 11) is 17.0. The average molecular weight is 159 g/mol. The summed E-state index contributed by atoms with van der Waals surface area (Å²) < 4.78 is 0. The molecule has 2 nitrogen and oxygen atoms in total. The molecule has 0 atom stereocenters. The van der Waals surface area contributed by atoms with Crippen LogP contribution in [0.2, 0.25) is 0 Å². The van der Waals surface area contributed by atoms with Gasteiger partial charge in [-0.3, -0.25) is 0 Å². The summed E-state index contributed by atoms with van der Waals surface area (Å²) in [4.78, 5) is 3.81. The zero-order chi connectivity index (χ0) is 9.98. The molecule has 0 N–H and O–H groups in total. The predicted octanol–water partition coefficient (Wildman–Crippen LogP) is -0.718. The number of hydrogen-bond acceptors (Lipinski definition) is 2. The largest absolute Gasteiger partial charge is 0.361 e. The monoisotopic (exact) mass is 160 g/mol. The molecule has 0 aromatic carbocycles. The minimum atomic E-state index is 1.01. The molecule has 6 heteroatoms. The Morgan fingerprint density at radius 3 is 1.33 bits per heavy atom. The third-order valence-corrected chi connectivity index (χ3v) is 1.32. The first-order valence-corrected chi connectivity index (χ1v) is 4.12. The van der Waals surface area contributed by atoms with Crippen molar-refractivity contribution in [2.45, 2.75) is 13.8 Å². The van der Waals surface area contributed by atoms with E-state index in [4.69, 9.17) is 15.5 Å². The Morgan fingerprint density at radius 1 is 1.00 bits per heavy atom. The van der Waals surface area contributed by atoms with E-state index >= 15 is 0 Å². The second kappa shape index (κ2) is 11.2. The maximum Gasteiger partial charge on any atom is 0.148 e. The maximum absolute atomic E-state index is 5.19. The second-order valence-electron chi connectivity index (χ2n) is 2.48. The van der Waals surface area contributed by atoms with Gasteiger partial charge in [-0.2, -0.15) is 0 Å². The Balaban J connectivity index is 0. The van der Waals surface area contributed by atoms with Crippen LogP contribution in [0.4, 0.5) is 0 Å². The highest BCUT2D eigenvalue weighted by atomic mass is 15.0. The van der Waals surface area contributed by atoms with Gasteiger partial charge in [0.1, 0.15) is 14.6 Å². The molecule has 0 rings (SSSR count). The smallest absolute Gasteiger partial charge is 0.148 e. The van der Waals surface area contributed by atoms with Crippen molar-refractivity contribution in [2.75, 3.05) is 27.2 Å². The van der Waals surface area contributed by atoms with E-state index in [9.17, 15) is 0 Å². The van der Waals surface area contributed by atoms with E-state index in [0.29, 0.717) is 0 Å². The molecule has 12 heavy (non-hydrogen) atoms. The lowest BCUT2D eigenvalue weighted by molar-refractivity contribution is 0.501. The van der Waals surface area contributed by atoms with Gasteiger partial charge in [-0.25, -0.2) is 0 Å². The molecule has 0 aromatic rings. The molecule has 0 saturated heterocycles. The van der Waals surface area contributed by atoms with E-state index in [1.807, 2.05) is 18.9 Å². The molecule has 0 bridgehead atoms. The van der Waals surface area contributed by atoms with Crippen molar-refractivity contribution in [2.24, 2.45) is 0 Å². The lowest BCUT2D eigenvalue weighted by atomic mass is 9.65. The summed E-state index contributed by atoms with van der Waals surface area (Å²) >= 11 is 0. The van der Waals surface area contributed by atoms with E-state index in [-0.39, 0.29) is 0 Å². The van der Waals surface area contributed by atoms with Crippen LogP contribution in [0.25, 0.3) is 0 Å². The van der Waals surface area contributed by atoms with Gasteiger partial charge < -0.3 is 9.62 Å². The first-order chi connectivity index (χ1) is 5.62. The van der Waals surface area contributed by atoms with E-state index in [1.165, 1.54) is 7.31 Å². The first kappa shape index (κ1) is 14.7. The second-order valence-corrected chi connectivity index (χ2v) is 2.48. The molecule has 0 aliphatic heterocycles. The molecule has 62 valence electrons. The predicted molar refractivity (Wildman–Crippen MR) is 59.6 cm³/mol. The normalized spacial score (nSPS) is 9.17. The van der Waals surface area contributed by atoms with Gasteiger partial charge in [-0.05, 0) is 27.2 Å². The highest BCUT2D eigenvalue weighted by Gasteiger charge is 1.90. The van der Waals surface area contributed by atoms with Crippen molar-refractivity contribution < 1.29 is 0 Å². The minimum absolute atomic E-state index is 1.01. The lowest BCUT2D eigenvalue weighted by Crippen LogP contribution is -2.27. The average Bonchev–Trinajstić information content (AvgIpc) is 2.09. The van der Waals surface area contributed by atoms with Crippen molar-refractivity contribution in [3.63, 3.8) is 0 Å². The fraction of sp³-hybridized carbons (Fsp3) is 1.00. The Bertz CT molecular complexity index is 72.4. The van der Waals surface area contributed by atoms with Crippen LogP contribution in [0.15, 0.2) is 0 Å². The number of hydrogen-bond donors (Lipinski definition) is 0. The van der Waals surface area contributed by atoms with Gasteiger partial charge in [-0.1, -0.05) is 13.8 Å². The zero-order valence-electron chi connectivity index (χ0n) is 8.62. The molecule has 0 saturated carbocycles. The van der Waals surface area contributed by atoms with Crippen LogP contribution in [-0.4, -0.2) is 66.9 Å². The van der Waals surface area contributed by atoms with Crippen LogP contribution >= 0.6 is 0 Å². The summed E-state index contributed by atoms with van der Waals surface area (Å²) in [6.45, 7) is 6.17. The van der Waals surface area contributed by atoms with Crippen LogP contribution < -0.4 is 0 Å². The van der Waals surface area contributed by atoms with Gasteiger partial charge in [0, 0.05) is 15.5 Å². The van der Waals surface area contributed by atoms with E-state index < -0.39 is 0 Å². The van der Waals surface area contributed by atoms with Crippen molar-refractivity contribution in [1.82, 2.24) is 9.62 Å². The Hall–Kier alpha value is 0.180. The summed E-state index contributed by atoms with van der Waals surface area (Å²) in [6, 6.07) is 0. The van der Waals surface area contributed by atoms with Gasteiger partial charge in [0.15, 0.2) is 0 Å². The fourth-order valence-electron chi connectivity index (χ4n) is 0.434. The van der Waals surface area contributed by atoms with Gasteiger partial charge in [-0.15, -0.1) is 0 Å². The van der Waals surface area contributed by atoms with Crippen LogP contribution in [0.1, 0.15) is 13.8 Å². The van der Waals surface area contributed by atoms with Gasteiger partial charge >= 0.3 is 0 Å². The summed E-state index contributed by atoms with van der Waals surface area (Å²) in [5.41, 5.74) is 0. The Kier molecular flexibility index (Phi) is 13.7. The van der Waals surface area contributed by atoms with Gasteiger partial charge in [0.05, 0.1) is 0 Å². The molecule has 0 unspecified atom stereocenters. The standard InChI is InChI=1S/C4H10B2N.C2H6B2N/c1-3-7(4-2)6-5;1-5(2)4-3/h3-4H2,1-2H3;1-2H3. The number of nitrogens with zero attached hydrogens (tertiary/aromatic N) is 2. The highest BCUT2D eigenvalue weighted by molar-refractivity contribution is 6.87. The van der Waals surface area contributed by atoms with Crippen molar-refractivity contribution in [3.8, 4) is 0 Å². The molecular weight excluding hydrogens is 143 g/mol. The third kappa shape index (κ3) is 12.8. The molecule has 0 aromatic heterocycles. The van der Waals surface area contributed by atoms with Crippen LogP contribution in [-0.2, 0) is 0 Å². The summed E-state index contributed by atoms with van der Waals surface area (Å²) in [6.07, 6.45) is 0. The highest BCUT2D eigenvalue weighted by Crippen LogP contribution is 1.77. The SMILES string of the molecule is [B][B]N(C)C.[B][B]N(CC)CC. The Morgan fingerprint density at radius 2 is 1.33 bits per heavy atom. The lowest BCUT2D eigenvalue weighted by Gasteiger charge is -2.13. The van der Waals surface area contributed by atoms with Gasteiger partial charge in [0.25, 0.3) is 0 Å². The topological polar surface area (TPSA) is 6.48 Å². The molecule has 0 amide bonds. The molecule has 0 spiro atoms. The van der Waals surface area contributed by atoms with E-state index in [0.717, 1.165) is 13.1 Å². The van der Waals surface area contributed by atoms with Crippen molar-refractivity contribution in [3.05, 3.63) is 0 Å². The van der Waals surface area contributed by atoms with Crippen LogP contribution in [0, 0.1) is 0 Å². The van der Waals surface area contributed by atoms with Crippen molar-refractivity contribution >= 4 is 30.1 Å². The van der Waals surface area contributed by atoms with Crippen molar-refractivity contribution in [1.29, 1.82) is 0 Å². The molecule has 0 aliphatic carbocycles. The maximum atomic E-state index is 5.19. The molecular formula is C6H16B4N2. The summed E-state index contributed by atoms with van der Waals surface area (Å²) in [5.74, 6) is 0. The number of rotatable bonds is 4. The van der Waals surface area contributed by atoms with Crippen LogP contribution in [0.5, 0.6) is 0 Å².